The summed E-state index contributed by atoms with van der Waals surface area (Å²) in [5, 5.41) is 40.6. The number of aliphatic hydroxyl groups is 1. The normalized spacial score (nSPS) is 9.17. The average Bonchev–Trinajstić information content (AvgIpc) is 2.46. The van der Waals surface area contributed by atoms with Crippen LogP contribution in [-0.4, -0.2) is 68.6 Å². The van der Waals surface area contributed by atoms with Gasteiger partial charge in [-0.15, -0.1) is 0 Å². The van der Waals surface area contributed by atoms with Crippen LogP contribution >= 0.6 is 0 Å². The summed E-state index contributed by atoms with van der Waals surface area (Å²) in [5.74, 6) is -3.79. The Morgan fingerprint density at radius 3 is 0.917 bits per heavy atom. The van der Waals surface area contributed by atoms with Crippen LogP contribution in [0.1, 0.15) is 38.5 Å². The molecule has 9 N–H and O–H groups in total. The van der Waals surface area contributed by atoms with Gasteiger partial charge in [0.1, 0.15) is 0 Å². The molecule has 0 heterocycles. The highest BCUT2D eigenvalue weighted by Crippen LogP contribution is 1.94. The lowest BCUT2D eigenvalue weighted by Gasteiger charge is -1.98. The van der Waals surface area contributed by atoms with Crippen LogP contribution in [0, 0.1) is 0 Å². The molecule has 142 valence electrons. The molecule has 0 saturated heterocycles. The number of rotatable bonds is 10. The highest BCUT2D eigenvalue weighted by Gasteiger charge is 2.00. The Hall–Kier alpha value is -2.24. The van der Waals surface area contributed by atoms with Gasteiger partial charge in [0.25, 0.3) is 0 Å². The molecule has 0 fully saturated rings. The minimum atomic E-state index is -0.948. The molecule has 0 rings (SSSR count). The second kappa shape index (κ2) is 18.8. The lowest BCUT2D eigenvalue weighted by atomic mass is 10.2. The molecule has 0 aliphatic rings. The largest absolute Gasteiger partial charge is 0.481 e. The lowest BCUT2D eigenvalue weighted by Crippen LogP contribution is -2.27. The van der Waals surface area contributed by atoms with Gasteiger partial charge < -0.3 is 37.0 Å². The van der Waals surface area contributed by atoms with Crippen molar-refractivity contribution in [3.63, 3.8) is 0 Å². The van der Waals surface area contributed by atoms with Crippen LogP contribution in [0.4, 0.5) is 0 Å². The van der Waals surface area contributed by atoms with Crippen molar-refractivity contribution < 1.29 is 44.7 Å². The molecule has 0 aromatic heterocycles. The minimum absolute atomic E-state index is 0.0632. The first-order valence-electron chi connectivity index (χ1n) is 7.02. The predicted molar refractivity (Wildman–Crippen MR) is 82.4 cm³/mol. The fourth-order valence-corrected chi connectivity index (χ4v) is 0.878. The van der Waals surface area contributed by atoms with Crippen LogP contribution in [0.15, 0.2) is 0 Å². The van der Waals surface area contributed by atoms with Crippen LogP contribution in [0.3, 0.4) is 0 Å². The topological polar surface area (TPSA) is 221 Å². The molecule has 0 saturated carbocycles. The van der Waals surface area contributed by atoms with E-state index in [4.69, 9.17) is 37.0 Å². The van der Waals surface area contributed by atoms with Gasteiger partial charge in [-0.1, -0.05) is 0 Å². The standard InChI is InChI=1S/2C5H8O4.C3H10N2O/c2*6-4(7)2-1-3-5(8)9;4-1-3(6)2-5/h2*1-3H2,(H,6,7)(H,8,9);3,6H,1-2,4-5H2. The van der Waals surface area contributed by atoms with Crippen molar-refractivity contribution in [2.75, 3.05) is 13.1 Å². The fourth-order valence-electron chi connectivity index (χ4n) is 0.878. The zero-order valence-corrected chi connectivity index (χ0v) is 13.3. The fraction of sp³-hybridized carbons (Fsp3) is 0.692. The highest BCUT2D eigenvalue weighted by atomic mass is 16.4. The van der Waals surface area contributed by atoms with E-state index in [1.165, 1.54) is 0 Å². The van der Waals surface area contributed by atoms with Gasteiger partial charge in [-0.05, 0) is 12.8 Å². The van der Waals surface area contributed by atoms with Crippen molar-refractivity contribution in [3.05, 3.63) is 0 Å². The summed E-state index contributed by atoms with van der Waals surface area (Å²) in [6, 6.07) is 0. The molecule has 11 nitrogen and oxygen atoms in total. The van der Waals surface area contributed by atoms with Gasteiger partial charge in [-0.2, -0.15) is 0 Å². The van der Waals surface area contributed by atoms with E-state index in [9.17, 15) is 19.2 Å². The molecular weight excluding hydrogens is 328 g/mol. The van der Waals surface area contributed by atoms with Crippen molar-refractivity contribution >= 4 is 23.9 Å². The third-order valence-corrected chi connectivity index (χ3v) is 2.11. The molecule has 0 aromatic rings. The quantitative estimate of drug-likeness (QED) is 0.250. The predicted octanol–water partition coefficient (Wildman–Crippen LogP) is -1.08. The van der Waals surface area contributed by atoms with Gasteiger partial charge in [0, 0.05) is 38.8 Å². The van der Waals surface area contributed by atoms with Crippen LogP contribution < -0.4 is 11.5 Å². The van der Waals surface area contributed by atoms with Gasteiger partial charge in [0.15, 0.2) is 0 Å². The monoisotopic (exact) mass is 354 g/mol. The number of hydrogen-bond acceptors (Lipinski definition) is 7. The van der Waals surface area contributed by atoms with E-state index < -0.39 is 30.0 Å². The number of nitrogens with two attached hydrogens (primary N) is 2. The molecule has 0 amide bonds. The smallest absolute Gasteiger partial charge is 0.303 e. The van der Waals surface area contributed by atoms with Crippen molar-refractivity contribution in [1.82, 2.24) is 0 Å². The second-order valence-corrected chi connectivity index (χ2v) is 4.41. The number of carboxylic acid groups (broad SMARTS) is 4. The Kier molecular flexibility index (Phi) is 20.9. The van der Waals surface area contributed by atoms with E-state index in [-0.39, 0.29) is 51.6 Å². The van der Waals surface area contributed by atoms with Crippen molar-refractivity contribution in [3.8, 4) is 0 Å². The Balaban J connectivity index is -0.000000282. The first-order valence-corrected chi connectivity index (χ1v) is 7.02. The SMILES string of the molecule is NCC(O)CN.O=C(O)CCCC(=O)O.O=C(O)CCCC(=O)O. The van der Waals surface area contributed by atoms with Crippen LogP contribution in [0.5, 0.6) is 0 Å². The third-order valence-electron chi connectivity index (χ3n) is 2.11. The Labute approximate surface area is 138 Å². The summed E-state index contributed by atoms with van der Waals surface area (Å²) in [5.41, 5.74) is 9.91. The maximum absolute atomic E-state index is 9.79. The molecule has 0 atom stereocenters. The summed E-state index contributed by atoms with van der Waals surface area (Å²) < 4.78 is 0. The number of aliphatic carboxylic acids is 4. The summed E-state index contributed by atoms with van der Waals surface area (Å²) in [7, 11) is 0. The zero-order chi connectivity index (χ0) is 19.5. The van der Waals surface area contributed by atoms with Gasteiger partial charge in [-0.3, -0.25) is 19.2 Å². The molecule has 0 aliphatic carbocycles. The van der Waals surface area contributed by atoms with Gasteiger partial charge in [0.05, 0.1) is 6.10 Å². The number of aliphatic hydroxyl groups excluding tert-OH is 1. The van der Waals surface area contributed by atoms with E-state index in [1.807, 2.05) is 0 Å². The number of carbonyl (C=O) groups is 4. The minimum Gasteiger partial charge on any atom is -0.481 e. The molecular formula is C13H26N2O9. The van der Waals surface area contributed by atoms with E-state index >= 15 is 0 Å². The Morgan fingerprint density at radius 1 is 0.625 bits per heavy atom. The summed E-state index contributed by atoms with van der Waals surface area (Å²) in [4.78, 5) is 39.2. The maximum Gasteiger partial charge on any atom is 0.303 e. The zero-order valence-electron chi connectivity index (χ0n) is 13.3. The maximum atomic E-state index is 9.79. The van der Waals surface area contributed by atoms with E-state index in [0.29, 0.717) is 0 Å². The highest BCUT2D eigenvalue weighted by molar-refractivity contribution is 5.70. The molecule has 0 radical (unpaired) electrons. The van der Waals surface area contributed by atoms with Gasteiger partial charge in [-0.25, -0.2) is 0 Å². The summed E-state index contributed by atoms with van der Waals surface area (Å²) in [6.07, 6.45) is -0.336. The van der Waals surface area contributed by atoms with Crippen LogP contribution in [0.25, 0.3) is 0 Å². The Bertz CT molecular complexity index is 312. The summed E-state index contributed by atoms with van der Waals surface area (Å²) in [6.45, 7) is 0.521. The van der Waals surface area contributed by atoms with E-state index in [0.717, 1.165) is 0 Å². The lowest BCUT2D eigenvalue weighted by molar-refractivity contribution is -0.140. The second-order valence-electron chi connectivity index (χ2n) is 4.41. The average molecular weight is 354 g/mol. The molecule has 0 aliphatic heterocycles. The van der Waals surface area contributed by atoms with Crippen molar-refractivity contribution in [1.29, 1.82) is 0 Å². The molecule has 0 aromatic carbocycles. The van der Waals surface area contributed by atoms with Crippen LogP contribution in [-0.2, 0) is 19.2 Å². The molecule has 0 bridgehead atoms. The summed E-state index contributed by atoms with van der Waals surface area (Å²) >= 11 is 0. The van der Waals surface area contributed by atoms with E-state index in [2.05, 4.69) is 0 Å². The third kappa shape index (κ3) is 36.7. The Morgan fingerprint density at radius 2 is 0.833 bits per heavy atom. The molecule has 0 unspecified atom stereocenters. The van der Waals surface area contributed by atoms with Crippen LogP contribution in [0.2, 0.25) is 0 Å². The number of carboxylic acids is 4. The first kappa shape index (κ1) is 26.6. The van der Waals surface area contributed by atoms with Crippen molar-refractivity contribution in [2.24, 2.45) is 11.5 Å². The van der Waals surface area contributed by atoms with Gasteiger partial charge >= 0.3 is 23.9 Å². The van der Waals surface area contributed by atoms with Crippen molar-refractivity contribution in [2.45, 2.75) is 44.6 Å². The number of hydrogen-bond donors (Lipinski definition) is 7. The molecule has 24 heavy (non-hydrogen) atoms. The van der Waals surface area contributed by atoms with Gasteiger partial charge in [0.2, 0.25) is 0 Å². The molecule has 0 spiro atoms. The van der Waals surface area contributed by atoms with E-state index in [1.54, 1.807) is 0 Å². The molecule has 11 heteroatoms. The first-order chi connectivity index (χ1) is 11.1.